The van der Waals surface area contributed by atoms with E-state index >= 15 is 0 Å². The number of phenolic OH excluding ortho intramolecular Hbond substituents is 1. The highest BCUT2D eigenvalue weighted by atomic mass is 35.5. The van der Waals surface area contributed by atoms with Gasteiger partial charge in [0.2, 0.25) is 0 Å². The van der Waals surface area contributed by atoms with E-state index in [1.54, 1.807) is 36.5 Å². The Bertz CT molecular complexity index is 1270. The minimum atomic E-state index is 0.0494. The van der Waals surface area contributed by atoms with Crippen LogP contribution in [0.1, 0.15) is 5.56 Å². The summed E-state index contributed by atoms with van der Waals surface area (Å²) in [6.07, 6.45) is 3.51. The lowest BCUT2D eigenvalue weighted by molar-refractivity contribution is 0.373. The van der Waals surface area contributed by atoms with E-state index in [2.05, 4.69) is 4.99 Å². The van der Waals surface area contributed by atoms with E-state index in [0.717, 1.165) is 11.2 Å². The molecule has 2 heterocycles. The molecule has 2 aromatic carbocycles. The maximum absolute atomic E-state index is 9.93. The van der Waals surface area contributed by atoms with Gasteiger partial charge in [-0.05, 0) is 42.5 Å². The van der Waals surface area contributed by atoms with E-state index in [-0.39, 0.29) is 5.75 Å². The van der Waals surface area contributed by atoms with Gasteiger partial charge in [0, 0.05) is 28.6 Å². The molecule has 0 spiro atoms. The maximum Gasteiger partial charge on any atom is 0.165 e. The number of fused-ring (bicyclic) bond motifs is 1. The van der Waals surface area contributed by atoms with Crippen LogP contribution >= 0.6 is 23.2 Å². The monoisotopic (exact) mass is 441 g/mol. The molecule has 0 amide bonds. The molecule has 0 aliphatic carbocycles. The first-order valence-electron chi connectivity index (χ1n) is 8.93. The molecule has 0 saturated carbocycles. The highest BCUT2D eigenvalue weighted by Crippen LogP contribution is 2.37. The van der Waals surface area contributed by atoms with E-state index < -0.39 is 0 Å². The number of halogens is 2. The van der Waals surface area contributed by atoms with Crippen molar-refractivity contribution in [1.29, 1.82) is 0 Å². The quantitative estimate of drug-likeness (QED) is 0.398. The van der Waals surface area contributed by atoms with Gasteiger partial charge in [-0.3, -0.25) is 4.40 Å². The molecule has 0 bridgehead atoms. The third kappa shape index (κ3) is 3.67. The molecular formula is C22H17Cl2N3O3. The van der Waals surface area contributed by atoms with Crippen molar-refractivity contribution in [2.24, 2.45) is 4.99 Å². The zero-order chi connectivity index (χ0) is 21.3. The number of pyridine rings is 1. The summed E-state index contributed by atoms with van der Waals surface area (Å²) in [4.78, 5) is 9.39. The summed E-state index contributed by atoms with van der Waals surface area (Å²) in [6, 6.07) is 14.1. The van der Waals surface area contributed by atoms with Gasteiger partial charge in [-0.25, -0.2) is 9.98 Å². The Morgan fingerprint density at radius 2 is 1.90 bits per heavy atom. The van der Waals surface area contributed by atoms with Crippen LogP contribution < -0.4 is 9.47 Å². The normalized spacial score (nSPS) is 11.3. The van der Waals surface area contributed by atoms with Crippen LogP contribution in [0.15, 0.2) is 59.7 Å². The fourth-order valence-electron chi connectivity index (χ4n) is 3.15. The number of phenols is 1. The molecule has 0 radical (unpaired) electrons. The molecule has 0 aliphatic heterocycles. The van der Waals surface area contributed by atoms with Crippen molar-refractivity contribution in [3.8, 4) is 28.5 Å². The van der Waals surface area contributed by atoms with Crippen molar-refractivity contribution in [1.82, 2.24) is 9.38 Å². The van der Waals surface area contributed by atoms with Crippen molar-refractivity contribution in [3.05, 3.63) is 70.3 Å². The van der Waals surface area contributed by atoms with E-state index in [4.69, 9.17) is 37.7 Å². The number of hydrogen-bond acceptors (Lipinski definition) is 5. The largest absolute Gasteiger partial charge is 0.504 e. The van der Waals surface area contributed by atoms with Gasteiger partial charge in [0.1, 0.15) is 17.1 Å². The number of aromatic hydroxyl groups is 1. The second-order valence-corrected chi connectivity index (χ2v) is 7.21. The first kappa shape index (κ1) is 20.1. The Morgan fingerprint density at radius 1 is 1.07 bits per heavy atom. The fraction of sp³-hybridized carbons (Fsp3) is 0.0909. The number of benzene rings is 2. The van der Waals surface area contributed by atoms with E-state index in [0.29, 0.717) is 38.6 Å². The Morgan fingerprint density at radius 3 is 2.67 bits per heavy atom. The van der Waals surface area contributed by atoms with Crippen LogP contribution in [0.25, 0.3) is 16.9 Å². The molecule has 2 aromatic heterocycles. The lowest BCUT2D eigenvalue weighted by Gasteiger charge is -2.08. The molecular weight excluding hydrogens is 425 g/mol. The van der Waals surface area contributed by atoms with E-state index in [1.165, 1.54) is 14.2 Å². The van der Waals surface area contributed by atoms with Gasteiger partial charge in [-0.2, -0.15) is 0 Å². The molecule has 0 aliphatic rings. The number of rotatable bonds is 5. The summed E-state index contributed by atoms with van der Waals surface area (Å²) in [7, 11) is 3.03. The summed E-state index contributed by atoms with van der Waals surface area (Å²) in [5.74, 6) is 1.47. The lowest BCUT2D eigenvalue weighted by atomic mass is 10.1. The van der Waals surface area contributed by atoms with Crippen LogP contribution in [0.4, 0.5) is 5.82 Å². The molecule has 4 aromatic rings. The Balaban J connectivity index is 1.89. The van der Waals surface area contributed by atoms with Crippen LogP contribution in [0, 0.1) is 0 Å². The third-order valence-electron chi connectivity index (χ3n) is 4.53. The van der Waals surface area contributed by atoms with Gasteiger partial charge in [-0.1, -0.05) is 29.3 Å². The molecule has 0 fully saturated rings. The van der Waals surface area contributed by atoms with E-state index in [9.17, 15) is 5.11 Å². The fourth-order valence-corrected chi connectivity index (χ4v) is 3.73. The van der Waals surface area contributed by atoms with Crippen LogP contribution in [-0.4, -0.2) is 34.9 Å². The summed E-state index contributed by atoms with van der Waals surface area (Å²) >= 11 is 12.4. The maximum atomic E-state index is 9.93. The first-order chi connectivity index (χ1) is 14.5. The third-order valence-corrected chi connectivity index (χ3v) is 5.02. The van der Waals surface area contributed by atoms with Crippen molar-refractivity contribution < 1.29 is 14.6 Å². The van der Waals surface area contributed by atoms with Gasteiger partial charge in [0.05, 0.1) is 19.2 Å². The molecule has 8 heteroatoms. The van der Waals surface area contributed by atoms with Crippen LogP contribution in [0.2, 0.25) is 10.0 Å². The average molecular weight is 442 g/mol. The summed E-state index contributed by atoms with van der Waals surface area (Å²) in [6.45, 7) is 0. The van der Waals surface area contributed by atoms with Gasteiger partial charge in [-0.15, -0.1) is 0 Å². The lowest BCUT2D eigenvalue weighted by Crippen LogP contribution is -1.93. The molecule has 0 saturated heterocycles. The Hall–Kier alpha value is -3.22. The number of hydrogen-bond donors (Lipinski definition) is 1. The SMILES string of the molecule is COc1cc(-c2nc3ccccn3c2N=Cc2cc(Cl)cc(Cl)c2OC)ccc1O. The summed E-state index contributed by atoms with van der Waals surface area (Å²) in [5.41, 5.74) is 2.73. The minimum absolute atomic E-state index is 0.0494. The number of nitrogens with zero attached hydrogens (tertiary/aromatic N) is 3. The van der Waals surface area contributed by atoms with Crippen molar-refractivity contribution in [2.75, 3.05) is 14.2 Å². The topological polar surface area (TPSA) is 68.4 Å². The summed E-state index contributed by atoms with van der Waals surface area (Å²) in [5, 5.41) is 10.8. The van der Waals surface area contributed by atoms with Gasteiger partial charge >= 0.3 is 0 Å². The van der Waals surface area contributed by atoms with Crippen molar-refractivity contribution in [2.45, 2.75) is 0 Å². The number of aliphatic imine (C=N–C) groups is 1. The molecule has 1 N–H and O–H groups in total. The van der Waals surface area contributed by atoms with Gasteiger partial charge in [0.25, 0.3) is 0 Å². The highest BCUT2D eigenvalue weighted by molar-refractivity contribution is 6.36. The predicted octanol–water partition coefficient (Wildman–Crippen LogP) is 5.78. The smallest absolute Gasteiger partial charge is 0.165 e. The molecule has 0 unspecified atom stereocenters. The zero-order valence-electron chi connectivity index (χ0n) is 16.1. The van der Waals surface area contributed by atoms with E-state index in [1.807, 2.05) is 28.8 Å². The van der Waals surface area contributed by atoms with Crippen molar-refractivity contribution >= 4 is 40.9 Å². The summed E-state index contributed by atoms with van der Waals surface area (Å²) < 4.78 is 12.5. The molecule has 0 atom stereocenters. The Kier molecular flexibility index (Phi) is 5.53. The minimum Gasteiger partial charge on any atom is -0.504 e. The molecule has 6 nitrogen and oxygen atoms in total. The van der Waals surface area contributed by atoms with Gasteiger partial charge in [0.15, 0.2) is 17.3 Å². The molecule has 152 valence electrons. The Labute approximate surface area is 183 Å². The predicted molar refractivity (Wildman–Crippen MR) is 119 cm³/mol. The van der Waals surface area contributed by atoms with Crippen molar-refractivity contribution in [3.63, 3.8) is 0 Å². The van der Waals surface area contributed by atoms with Crippen LogP contribution in [-0.2, 0) is 0 Å². The molecule has 30 heavy (non-hydrogen) atoms. The second-order valence-electron chi connectivity index (χ2n) is 6.37. The zero-order valence-corrected chi connectivity index (χ0v) is 17.6. The number of imidazole rings is 1. The highest BCUT2D eigenvalue weighted by Gasteiger charge is 2.16. The van der Waals surface area contributed by atoms with Crippen LogP contribution in [0.3, 0.4) is 0 Å². The number of methoxy groups -OCH3 is 2. The standard InChI is InChI=1S/C22H17Cl2N3O3/c1-29-18-10-13(6-7-17(18)28)20-22(27-8-4-3-5-19(27)26-20)25-12-14-9-15(23)11-16(24)21(14)30-2/h3-12,28H,1-2H3. The second kappa shape index (κ2) is 8.26. The number of ether oxygens (including phenoxy) is 2. The average Bonchev–Trinajstić information content (AvgIpc) is 3.11. The van der Waals surface area contributed by atoms with Crippen LogP contribution in [0.5, 0.6) is 17.2 Å². The first-order valence-corrected chi connectivity index (χ1v) is 9.69. The number of aromatic nitrogens is 2. The van der Waals surface area contributed by atoms with Gasteiger partial charge < -0.3 is 14.6 Å². The molecule has 4 rings (SSSR count).